The average molecular weight is 668 g/mol. The van der Waals surface area contributed by atoms with E-state index in [1.54, 1.807) is 36.4 Å². The zero-order valence-corrected chi connectivity index (χ0v) is 26.2. The minimum Gasteiger partial charge on any atom is -0.490 e. The van der Waals surface area contributed by atoms with Crippen molar-refractivity contribution in [3.63, 3.8) is 0 Å². The van der Waals surface area contributed by atoms with Crippen molar-refractivity contribution in [2.45, 2.75) is 20.1 Å². The van der Waals surface area contributed by atoms with Crippen LogP contribution in [0.3, 0.4) is 0 Å². The molecule has 0 heterocycles. The summed E-state index contributed by atoms with van der Waals surface area (Å²) in [4.78, 5) is 13.0. The number of hydrogen-bond acceptors (Lipinski definition) is 5. The van der Waals surface area contributed by atoms with Gasteiger partial charge in [-0.3, -0.25) is 4.79 Å². The van der Waals surface area contributed by atoms with E-state index in [-0.39, 0.29) is 5.57 Å². The van der Waals surface area contributed by atoms with Gasteiger partial charge in [-0.25, -0.2) is 0 Å². The highest BCUT2D eigenvalue weighted by Gasteiger charge is 2.15. The number of nitriles is 1. The molecule has 0 atom stereocenters. The molecular weight excluding hydrogens is 640 g/mol. The fraction of sp³-hybridized carbons (Fsp3) is 0.111. The molecule has 5 rings (SSSR count). The summed E-state index contributed by atoms with van der Waals surface area (Å²) >= 11 is 9.79. The SMILES string of the molecule is CCOc1cc(/C=C(\C#N)C(=O)Nc2ccc(OCc3ccccc3Cl)cc2)cc(Br)c1OCc1cccc2ccccc12. The fourth-order valence-corrected chi connectivity index (χ4v) is 5.33. The lowest BCUT2D eigenvalue weighted by Gasteiger charge is -2.16. The number of nitrogens with zero attached hydrogens (tertiary/aromatic N) is 1. The molecule has 0 aliphatic heterocycles. The van der Waals surface area contributed by atoms with Gasteiger partial charge in [-0.05, 0) is 93.3 Å². The topological polar surface area (TPSA) is 80.6 Å². The Morgan fingerprint density at radius 3 is 2.36 bits per heavy atom. The summed E-state index contributed by atoms with van der Waals surface area (Å²) in [5.74, 6) is 1.12. The number of rotatable bonds is 11. The Morgan fingerprint density at radius 2 is 1.59 bits per heavy atom. The summed E-state index contributed by atoms with van der Waals surface area (Å²) in [7, 11) is 0. The molecular formula is C36H28BrClN2O4. The summed E-state index contributed by atoms with van der Waals surface area (Å²) in [5, 5.41) is 15.5. The lowest BCUT2D eigenvalue weighted by atomic mass is 10.1. The maximum atomic E-state index is 13.0. The Labute approximate surface area is 269 Å². The van der Waals surface area contributed by atoms with Crippen molar-refractivity contribution in [2.24, 2.45) is 0 Å². The van der Waals surface area contributed by atoms with Crippen LogP contribution in [0.2, 0.25) is 5.02 Å². The molecule has 44 heavy (non-hydrogen) atoms. The third kappa shape index (κ3) is 7.59. The molecule has 0 aromatic heterocycles. The first kappa shape index (κ1) is 30.7. The van der Waals surface area contributed by atoms with Gasteiger partial charge in [-0.15, -0.1) is 0 Å². The maximum Gasteiger partial charge on any atom is 0.266 e. The number of benzene rings is 5. The van der Waals surface area contributed by atoms with Gasteiger partial charge in [0.05, 0.1) is 11.1 Å². The quantitative estimate of drug-likeness (QED) is 0.112. The minimum atomic E-state index is -0.539. The molecule has 6 nitrogen and oxygen atoms in total. The van der Waals surface area contributed by atoms with Crippen molar-refractivity contribution in [2.75, 3.05) is 11.9 Å². The van der Waals surface area contributed by atoms with Crippen LogP contribution < -0.4 is 19.5 Å². The first-order valence-electron chi connectivity index (χ1n) is 13.9. The molecule has 0 saturated carbocycles. The van der Waals surface area contributed by atoms with Crippen molar-refractivity contribution in [1.29, 1.82) is 5.26 Å². The van der Waals surface area contributed by atoms with E-state index in [2.05, 4.69) is 39.4 Å². The number of amides is 1. The summed E-state index contributed by atoms with van der Waals surface area (Å²) in [6.07, 6.45) is 1.51. The second kappa shape index (κ2) is 14.6. The summed E-state index contributed by atoms with van der Waals surface area (Å²) in [6.45, 7) is 2.95. The first-order chi connectivity index (χ1) is 21.4. The molecule has 0 spiro atoms. The lowest BCUT2D eigenvalue weighted by Crippen LogP contribution is -2.13. The van der Waals surface area contributed by atoms with Crippen molar-refractivity contribution in [3.05, 3.63) is 135 Å². The van der Waals surface area contributed by atoms with Crippen LogP contribution in [0.1, 0.15) is 23.6 Å². The summed E-state index contributed by atoms with van der Waals surface area (Å²) in [6, 6.07) is 34.2. The van der Waals surface area contributed by atoms with Crippen LogP contribution in [0, 0.1) is 11.3 Å². The molecule has 220 valence electrons. The Bertz CT molecular complexity index is 1860. The monoisotopic (exact) mass is 666 g/mol. The van der Waals surface area contributed by atoms with Crippen LogP contribution in [0.15, 0.2) is 113 Å². The van der Waals surface area contributed by atoms with Crippen molar-refractivity contribution >= 4 is 56.0 Å². The van der Waals surface area contributed by atoms with Gasteiger partial charge in [0.1, 0.15) is 30.6 Å². The molecule has 8 heteroatoms. The molecule has 5 aromatic rings. The number of ether oxygens (including phenoxy) is 3. The van der Waals surface area contributed by atoms with E-state index in [9.17, 15) is 10.1 Å². The normalized spacial score (nSPS) is 11.1. The van der Waals surface area contributed by atoms with Crippen LogP contribution in [0.25, 0.3) is 16.8 Å². The molecule has 1 amide bonds. The number of halogens is 2. The van der Waals surface area contributed by atoms with Gasteiger partial charge in [0.15, 0.2) is 11.5 Å². The maximum absolute atomic E-state index is 13.0. The standard InChI is InChI=1S/C36H28BrClN2O4/c1-2-42-34-20-24(19-32(37)35(34)44-22-26-11-7-10-25-8-3-5-12-31(25)26)18-28(21-39)36(41)40-29-14-16-30(17-15-29)43-23-27-9-4-6-13-33(27)38/h3-20H,2,22-23H2,1H3,(H,40,41)/b28-18+. The van der Waals surface area contributed by atoms with Crippen molar-refractivity contribution < 1.29 is 19.0 Å². The highest BCUT2D eigenvalue weighted by atomic mass is 79.9. The third-order valence-corrected chi connectivity index (χ3v) is 7.68. The second-order valence-electron chi connectivity index (χ2n) is 9.72. The predicted molar refractivity (Wildman–Crippen MR) is 178 cm³/mol. The first-order valence-corrected chi connectivity index (χ1v) is 15.1. The highest BCUT2D eigenvalue weighted by molar-refractivity contribution is 9.10. The predicted octanol–water partition coefficient (Wildman–Crippen LogP) is 9.36. The number of fused-ring (bicyclic) bond motifs is 1. The largest absolute Gasteiger partial charge is 0.490 e. The Balaban J connectivity index is 1.28. The van der Waals surface area contributed by atoms with Gasteiger partial charge in [-0.2, -0.15) is 5.26 Å². The summed E-state index contributed by atoms with van der Waals surface area (Å²) < 4.78 is 18.6. The van der Waals surface area contributed by atoms with Gasteiger partial charge < -0.3 is 19.5 Å². The molecule has 0 fully saturated rings. The second-order valence-corrected chi connectivity index (χ2v) is 11.0. The molecule has 0 unspecified atom stereocenters. The van der Waals surface area contributed by atoms with E-state index in [0.29, 0.717) is 57.8 Å². The number of anilines is 1. The number of carbonyl (C=O) groups is 1. The fourth-order valence-electron chi connectivity index (χ4n) is 4.57. The smallest absolute Gasteiger partial charge is 0.266 e. The number of nitrogens with one attached hydrogen (secondary N) is 1. The molecule has 0 radical (unpaired) electrons. The molecule has 5 aromatic carbocycles. The van der Waals surface area contributed by atoms with Crippen LogP contribution >= 0.6 is 27.5 Å². The molecule has 0 aliphatic carbocycles. The zero-order chi connectivity index (χ0) is 30.9. The summed E-state index contributed by atoms with van der Waals surface area (Å²) in [5.41, 5.74) is 2.98. The van der Waals surface area contributed by atoms with Crippen molar-refractivity contribution in [1.82, 2.24) is 0 Å². The van der Waals surface area contributed by atoms with Crippen LogP contribution in [-0.4, -0.2) is 12.5 Å². The van der Waals surface area contributed by atoms with E-state index < -0.39 is 5.91 Å². The van der Waals surface area contributed by atoms with Crippen molar-refractivity contribution in [3.8, 4) is 23.3 Å². The van der Waals surface area contributed by atoms with Gasteiger partial charge in [0, 0.05) is 16.3 Å². The Hall–Kier alpha value is -4.77. The van der Waals surface area contributed by atoms with Gasteiger partial charge in [0.25, 0.3) is 5.91 Å². The number of carbonyl (C=O) groups excluding carboxylic acids is 1. The highest BCUT2D eigenvalue weighted by Crippen LogP contribution is 2.38. The van der Waals surface area contributed by atoms with Crippen LogP contribution in [0.4, 0.5) is 5.69 Å². The molecule has 1 N–H and O–H groups in total. The van der Waals surface area contributed by atoms with E-state index in [1.807, 2.05) is 61.5 Å². The average Bonchev–Trinajstić information content (AvgIpc) is 3.03. The lowest BCUT2D eigenvalue weighted by molar-refractivity contribution is -0.112. The number of hydrogen-bond donors (Lipinski definition) is 1. The molecule has 0 saturated heterocycles. The van der Waals surface area contributed by atoms with E-state index in [1.165, 1.54) is 6.08 Å². The molecule has 0 bridgehead atoms. The minimum absolute atomic E-state index is 0.0668. The van der Waals surface area contributed by atoms with Gasteiger partial charge in [-0.1, -0.05) is 72.3 Å². The zero-order valence-electron chi connectivity index (χ0n) is 23.8. The Kier molecular flexibility index (Phi) is 10.2. The molecule has 0 aliphatic rings. The Morgan fingerprint density at radius 1 is 0.886 bits per heavy atom. The third-order valence-electron chi connectivity index (χ3n) is 6.72. The van der Waals surface area contributed by atoms with Crippen LogP contribution in [-0.2, 0) is 18.0 Å². The van der Waals surface area contributed by atoms with E-state index >= 15 is 0 Å². The van der Waals surface area contributed by atoms with Crippen LogP contribution in [0.5, 0.6) is 17.2 Å². The van der Waals surface area contributed by atoms with Gasteiger partial charge >= 0.3 is 0 Å². The van der Waals surface area contributed by atoms with Gasteiger partial charge in [0.2, 0.25) is 0 Å². The van der Waals surface area contributed by atoms with E-state index in [0.717, 1.165) is 21.9 Å². The van der Waals surface area contributed by atoms with E-state index in [4.69, 9.17) is 25.8 Å².